The molecule has 15 aromatic rings. The second-order valence-electron chi connectivity index (χ2n) is 18.3. The van der Waals surface area contributed by atoms with Crippen LogP contribution in [-0.2, 0) is 0 Å². The molecule has 0 atom stereocenters. The molecule has 14 aromatic carbocycles. The third kappa shape index (κ3) is 5.14. The van der Waals surface area contributed by atoms with E-state index in [4.69, 9.17) is 0 Å². The Balaban J connectivity index is 1.21. The summed E-state index contributed by atoms with van der Waals surface area (Å²) in [6.07, 6.45) is 0. The van der Waals surface area contributed by atoms with Crippen LogP contribution in [0.3, 0.4) is 0 Å². The van der Waals surface area contributed by atoms with Gasteiger partial charge in [-0.15, -0.1) is 0 Å². The number of rotatable bonds is 1. The molecule has 0 saturated carbocycles. The lowest BCUT2D eigenvalue weighted by atomic mass is 9.87. The zero-order chi connectivity index (χ0) is 43.7. The summed E-state index contributed by atoms with van der Waals surface area (Å²) in [5.41, 5.74) is 3.57. The topological polar surface area (TPSA) is 4.93 Å². The molecule has 0 unspecified atom stereocenters. The molecule has 0 aliphatic heterocycles. The molecule has 67 heavy (non-hydrogen) atoms. The highest BCUT2D eigenvalue weighted by Gasteiger charge is 2.19. The smallest absolute Gasteiger partial charge is 0.0541 e. The molecule has 0 spiro atoms. The van der Waals surface area contributed by atoms with Gasteiger partial charge in [0.1, 0.15) is 0 Å². The van der Waals surface area contributed by atoms with Crippen LogP contribution in [0.4, 0.5) is 0 Å². The highest BCUT2D eigenvalue weighted by Crippen LogP contribution is 2.46. The first kappa shape index (κ1) is 36.5. The van der Waals surface area contributed by atoms with Gasteiger partial charge in [-0.05, 0) is 167 Å². The summed E-state index contributed by atoms with van der Waals surface area (Å²) < 4.78 is 2.46. The van der Waals surface area contributed by atoms with Crippen LogP contribution in [0.15, 0.2) is 237 Å². The number of para-hydroxylation sites is 2. The molecule has 1 aromatic heterocycles. The summed E-state index contributed by atoms with van der Waals surface area (Å²) in [5, 5.41) is 30.0. The SMILES string of the molecule is c1ccc2c(c1)c1ccccc1c1cc3c4ccc(-n5c6ccccc6c6ccccc65)cc4c4cc5c6ccccc6c6ccccc6c6ccccc6c5cc4c3cc1c1ccccc21. The number of fused-ring (bicyclic) bond motifs is 25. The minimum absolute atomic E-state index is 1.15. The number of benzene rings is 12. The Kier molecular flexibility index (Phi) is 7.56. The van der Waals surface area contributed by atoms with E-state index < -0.39 is 0 Å². The predicted octanol–water partition coefficient (Wildman–Crippen LogP) is 18.6. The van der Waals surface area contributed by atoms with Crippen molar-refractivity contribution in [3.05, 3.63) is 237 Å². The van der Waals surface area contributed by atoms with Gasteiger partial charge >= 0.3 is 0 Å². The molecule has 0 N–H and O–H groups in total. The number of hydrogen-bond acceptors (Lipinski definition) is 0. The Hall–Kier alpha value is -8.78. The predicted molar refractivity (Wildman–Crippen MR) is 291 cm³/mol. The number of nitrogens with zero attached hydrogens (tertiary/aromatic N) is 1. The average molecular weight is 846 g/mol. The van der Waals surface area contributed by atoms with Crippen LogP contribution in [-0.4, -0.2) is 4.57 Å². The molecule has 0 fully saturated rings. The summed E-state index contributed by atoms with van der Waals surface area (Å²) in [6.45, 7) is 0. The average Bonchev–Trinajstić information content (AvgIpc) is 3.74. The molecule has 1 heterocycles. The van der Waals surface area contributed by atoms with E-state index in [1.807, 2.05) is 0 Å². The number of hydrogen-bond donors (Lipinski definition) is 0. The molecule has 0 aliphatic carbocycles. The maximum absolute atomic E-state index is 2.54. The Labute approximate surface area is 385 Å². The summed E-state index contributed by atoms with van der Waals surface area (Å²) in [6, 6.07) is 89.0. The van der Waals surface area contributed by atoms with Gasteiger partial charge in [-0.1, -0.05) is 188 Å². The van der Waals surface area contributed by atoms with Gasteiger partial charge in [0.25, 0.3) is 0 Å². The lowest BCUT2D eigenvalue weighted by Crippen LogP contribution is -1.94. The van der Waals surface area contributed by atoms with E-state index in [1.54, 1.807) is 0 Å². The molecule has 0 aliphatic rings. The molecule has 308 valence electrons. The van der Waals surface area contributed by atoms with Gasteiger partial charge in [0.2, 0.25) is 0 Å². The van der Waals surface area contributed by atoms with Crippen molar-refractivity contribution >= 4 is 140 Å². The second-order valence-corrected chi connectivity index (χ2v) is 18.3. The number of aromatic nitrogens is 1. The normalized spacial score (nSPS) is 12.2. The van der Waals surface area contributed by atoms with E-state index in [0.29, 0.717) is 0 Å². The van der Waals surface area contributed by atoms with Crippen LogP contribution < -0.4 is 0 Å². The third-order valence-electron chi connectivity index (χ3n) is 14.9. The zero-order valence-electron chi connectivity index (χ0n) is 36.5. The Morgan fingerprint density at radius 2 is 0.343 bits per heavy atom. The van der Waals surface area contributed by atoms with Crippen LogP contribution in [0.2, 0.25) is 0 Å². The van der Waals surface area contributed by atoms with Gasteiger partial charge in [-0.25, -0.2) is 0 Å². The monoisotopic (exact) mass is 845 g/mol. The Morgan fingerprint density at radius 1 is 0.149 bits per heavy atom. The van der Waals surface area contributed by atoms with Crippen LogP contribution in [0.25, 0.3) is 146 Å². The third-order valence-corrected chi connectivity index (χ3v) is 14.9. The van der Waals surface area contributed by atoms with Crippen molar-refractivity contribution in [2.45, 2.75) is 0 Å². The van der Waals surface area contributed by atoms with E-state index in [0.717, 1.165) is 5.69 Å². The van der Waals surface area contributed by atoms with Crippen molar-refractivity contribution in [1.29, 1.82) is 0 Å². The second kappa shape index (κ2) is 13.9. The van der Waals surface area contributed by atoms with Crippen molar-refractivity contribution in [1.82, 2.24) is 4.57 Å². The quantitative estimate of drug-likeness (QED) is 0.145. The maximum atomic E-state index is 2.54. The molecule has 0 bridgehead atoms. The highest BCUT2D eigenvalue weighted by atomic mass is 15.0. The van der Waals surface area contributed by atoms with E-state index in [9.17, 15) is 0 Å². The first-order valence-electron chi connectivity index (χ1n) is 23.3. The van der Waals surface area contributed by atoms with Crippen LogP contribution in [0.5, 0.6) is 0 Å². The molecule has 0 amide bonds. The van der Waals surface area contributed by atoms with Gasteiger partial charge in [0, 0.05) is 16.5 Å². The van der Waals surface area contributed by atoms with Gasteiger partial charge in [-0.2, -0.15) is 0 Å². The van der Waals surface area contributed by atoms with Crippen molar-refractivity contribution in [3.8, 4) is 5.69 Å². The van der Waals surface area contributed by atoms with E-state index in [2.05, 4.69) is 241 Å². The minimum Gasteiger partial charge on any atom is -0.309 e. The van der Waals surface area contributed by atoms with E-state index in [1.165, 1.54) is 140 Å². The van der Waals surface area contributed by atoms with Crippen LogP contribution in [0, 0.1) is 0 Å². The zero-order valence-corrected chi connectivity index (χ0v) is 36.5. The van der Waals surface area contributed by atoms with Gasteiger partial charge in [-0.3, -0.25) is 0 Å². The summed E-state index contributed by atoms with van der Waals surface area (Å²) >= 11 is 0. The Bertz CT molecular complexity index is 4690. The van der Waals surface area contributed by atoms with Crippen molar-refractivity contribution in [2.75, 3.05) is 0 Å². The molecular weight excluding hydrogens is 807 g/mol. The Morgan fingerprint density at radius 3 is 0.627 bits per heavy atom. The summed E-state index contributed by atoms with van der Waals surface area (Å²) in [4.78, 5) is 0. The minimum atomic E-state index is 1.15. The van der Waals surface area contributed by atoms with Crippen LogP contribution >= 0.6 is 0 Å². The van der Waals surface area contributed by atoms with Crippen LogP contribution in [0.1, 0.15) is 0 Å². The van der Waals surface area contributed by atoms with E-state index >= 15 is 0 Å². The first-order chi connectivity index (χ1) is 33.3. The first-order valence-corrected chi connectivity index (χ1v) is 23.3. The summed E-state index contributed by atoms with van der Waals surface area (Å²) in [7, 11) is 0. The highest BCUT2D eigenvalue weighted by molar-refractivity contribution is 6.36. The van der Waals surface area contributed by atoms with Crippen molar-refractivity contribution < 1.29 is 0 Å². The summed E-state index contributed by atoms with van der Waals surface area (Å²) in [5.74, 6) is 0. The van der Waals surface area contributed by atoms with Gasteiger partial charge in [0.05, 0.1) is 11.0 Å². The standard InChI is InChI=1S/C66H39N/c1-2-18-42-41(17-1)45-21-5-9-25-49(45)57-36-61-53-34-33-40(67-65-31-15-13-29-54(65)55-30-14-16-32-66(55)67)35-56(53)62-37-58-50-26-10-6-22-46(50)43-19-3-4-20-44(43)48-24-8-12-28-52(48)60(58)39-64(62)63(61)38-59(57)51-27-11-7-23-47(42)51/h1-39H. The lowest BCUT2D eigenvalue weighted by molar-refractivity contribution is 1.19. The van der Waals surface area contributed by atoms with Gasteiger partial charge < -0.3 is 4.57 Å². The molecular formula is C66H39N. The van der Waals surface area contributed by atoms with E-state index in [-0.39, 0.29) is 0 Å². The molecule has 1 heteroatoms. The fraction of sp³-hybridized carbons (Fsp3) is 0. The molecule has 0 radical (unpaired) electrons. The fourth-order valence-electron chi connectivity index (χ4n) is 12.0. The maximum Gasteiger partial charge on any atom is 0.0541 e. The largest absolute Gasteiger partial charge is 0.309 e. The molecule has 0 saturated heterocycles. The lowest BCUT2D eigenvalue weighted by Gasteiger charge is -2.17. The van der Waals surface area contributed by atoms with Crippen molar-refractivity contribution in [3.63, 3.8) is 0 Å². The van der Waals surface area contributed by atoms with Crippen molar-refractivity contribution in [2.24, 2.45) is 0 Å². The molecule has 1 nitrogen and oxygen atoms in total. The fourth-order valence-corrected chi connectivity index (χ4v) is 12.0. The molecule has 15 rings (SSSR count). The van der Waals surface area contributed by atoms with Gasteiger partial charge in [0.15, 0.2) is 0 Å².